The van der Waals surface area contributed by atoms with Gasteiger partial charge in [-0.2, -0.15) is 0 Å². The molecule has 0 fully saturated rings. The first-order valence-electron chi connectivity index (χ1n) is 10.9. The van der Waals surface area contributed by atoms with Crippen LogP contribution < -0.4 is 9.62 Å². The highest BCUT2D eigenvalue weighted by Gasteiger charge is 2.28. The summed E-state index contributed by atoms with van der Waals surface area (Å²) in [6.07, 6.45) is 1.79. The first-order valence-corrected chi connectivity index (χ1v) is 12.3. The lowest BCUT2D eigenvalue weighted by Crippen LogP contribution is -2.41. The number of sulfonamides is 1. The summed E-state index contributed by atoms with van der Waals surface area (Å²) < 4.78 is 28.0. The molecule has 0 aliphatic rings. The van der Waals surface area contributed by atoms with Gasteiger partial charge in [0.1, 0.15) is 6.54 Å². The summed E-state index contributed by atoms with van der Waals surface area (Å²) in [7, 11) is -3.91. The molecule has 32 heavy (non-hydrogen) atoms. The Bertz CT molecular complexity index is 1170. The van der Waals surface area contributed by atoms with Gasteiger partial charge in [-0.15, -0.1) is 0 Å². The van der Waals surface area contributed by atoms with Crippen LogP contribution in [0.15, 0.2) is 77.7 Å². The van der Waals surface area contributed by atoms with Crippen LogP contribution >= 0.6 is 0 Å². The van der Waals surface area contributed by atoms with Crippen LogP contribution in [0.2, 0.25) is 0 Å². The molecule has 168 valence electrons. The number of carbonyl (C=O) groups excluding carboxylic acids is 1. The normalized spacial score (nSPS) is 11.2. The summed E-state index contributed by atoms with van der Waals surface area (Å²) in [6.45, 7) is 6.08. The van der Waals surface area contributed by atoms with E-state index in [0.717, 1.165) is 24.0 Å². The molecule has 1 N–H and O–H groups in total. The number of hydrogen-bond donors (Lipinski definition) is 1. The highest BCUT2D eigenvalue weighted by atomic mass is 32.2. The second-order valence-corrected chi connectivity index (χ2v) is 9.56. The predicted molar refractivity (Wildman–Crippen MR) is 129 cm³/mol. The van der Waals surface area contributed by atoms with Crippen molar-refractivity contribution in [1.29, 1.82) is 0 Å². The second-order valence-electron chi connectivity index (χ2n) is 7.70. The third-order valence-corrected chi connectivity index (χ3v) is 7.31. The number of carbonyl (C=O) groups is 1. The molecular formula is C26H30N2O3S. The quantitative estimate of drug-likeness (QED) is 0.517. The Morgan fingerprint density at radius 3 is 2.22 bits per heavy atom. The first-order chi connectivity index (χ1) is 15.4. The lowest BCUT2D eigenvalue weighted by Gasteiger charge is -2.25. The van der Waals surface area contributed by atoms with Crippen LogP contribution in [-0.2, 0) is 34.2 Å². The van der Waals surface area contributed by atoms with Crippen molar-refractivity contribution in [3.8, 4) is 0 Å². The minimum Gasteiger partial charge on any atom is -0.350 e. The van der Waals surface area contributed by atoms with Crippen molar-refractivity contribution in [3.05, 3.63) is 95.1 Å². The molecule has 0 heterocycles. The van der Waals surface area contributed by atoms with Gasteiger partial charge < -0.3 is 5.32 Å². The maximum Gasteiger partial charge on any atom is 0.264 e. The molecule has 5 nitrogen and oxygen atoms in total. The molecule has 6 heteroatoms. The Morgan fingerprint density at radius 1 is 0.875 bits per heavy atom. The molecule has 3 aromatic carbocycles. The molecule has 0 atom stereocenters. The summed E-state index contributed by atoms with van der Waals surface area (Å²) >= 11 is 0. The van der Waals surface area contributed by atoms with Crippen molar-refractivity contribution in [1.82, 2.24) is 5.32 Å². The molecule has 0 bridgehead atoms. The van der Waals surface area contributed by atoms with Gasteiger partial charge in [-0.1, -0.05) is 68.4 Å². The number of nitrogens with one attached hydrogen (secondary N) is 1. The molecule has 0 aliphatic carbocycles. The number of hydrogen-bond acceptors (Lipinski definition) is 3. The lowest BCUT2D eigenvalue weighted by molar-refractivity contribution is -0.119. The molecule has 3 aromatic rings. The Morgan fingerprint density at radius 2 is 1.56 bits per heavy atom. The molecule has 0 aliphatic heterocycles. The molecule has 0 aromatic heterocycles. The number of aryl methyl sites for hydroxylation is 3. The van der Waals surface area contributed by atoms with Crippen LogP contribution in [0.1, 0.15) is 36.1 Å². The van der Waals surface area contributed by atoms with Crippen molar-refractivity contribution in [2.45, 2.75) is 45.1 Å². The van der Waals surface area contributed by atoms with Crippen molar-refractivity contribution < 1.29 is 13.2 Å². The van der Waals surface area contributed by atoms with Crippen LogP contribution in [0.3, 0.4) is 0 Å². The molecular weight excluding hydrogens is 420 g/mol. The van der Waals surface area contributed by atoms with Gasteiger partial charge in [0.15, 0.2) is 0 Å². The van der Waals surface area contributed by atoms with Crippen LogP contribution in [0, 0.1) is 6.92 Å². The van der Waals surface area contributed by atoms with Gasteiger partial charge in [0.2, 0.25) is 5.91 Å². The number of amides is 1. The van der Waals surface area contributed by atoms with Gasteiger partial charge in [0, 0.05) is 6.54 Å². The average Bonchev–Trinajstić information content (AvgIpc) is 2.82. The number of anilines is 1. The van der Waals surface area contributed by atoms with E-state index in [4.69, 9.17) is 0 Å². The minimum absolute atomic E-state index is 0.153. The monoisotopic (exact) mass is 450 g/mol. The van der Waals surface area contributed by atoms with Crippen LogP contribution in [0.4, 0.5) is 5.69 Å². The largest absolute Gasteiger partial charge is 0.350 e. The third kappa shape index (κ3) is 5.37. The number of para-hydroxylation sites is 1. The summed E-state index contributed by atoms with van der Waals surface area (Å²) in [5.74, 6) is -0.350. The first kappa shape index (κ1) is 23.5. The van der Waals surface area contributed by atoms with Crippen molar-refractivity contribution in [2.24, 2.45) is 0 Å². The van der Waals surface area contributed by atoms with Gasteiger partial charge in [-0.05, 0) is 60.2 Å². The Balaban J connectivity index is 1.86. The Hall–Kier alpha value is -3.12. The van der Waals surface area contributed by atoms with Gasteiger partial charge in [-0.25, -0.2) is 8.42 Å². The van der Waals surface area contributed by atoms with E-state index < -0.39 is 10.0 Å². The lowest BCUT2D eigenvalue weighted by atomic mass is 10.0. The second kappa shape index (κ2) is 10.5. The molecule has 0 unspecified atom stereocenters. The third-order valence-electron chi connectivity index (χ3n) is 5.54. The molecule has 3 rings (SSSR count). The van der Waals surface area contributed by atoms with Gasteiger partial charge in [-0.3, -0.25) is 9.10 Å². The summed E-state index contributed by atoms with van der Waals surface area (Å²) in [6, 6.07) is 21.7. The van der Waals surface area contributed by atoms with E-state index in [-0.39, 0.29) is 17.3 Å². The standard InChI is InChI=1S/C26H30N2O3S/c1-4-21-15-16-22(5-2)23(17-21)18-27-26(29)19-28(25-14-10-9-11-20(25)3)32(30,31)24-12-7-6-8-13-24/h6-17H,4-5,18-19H2,1-3H3,(H,27,29). The highest BCUT2D eigenvalue weighted by molar-refractivity contribution is 7.92. The van der Waals surface area contributed by atoms with Crippen molar-refractivity contribution in [3.63, 3.8) is 0 Å². The number of rotatable bonds is 9. The summed E-state index contributed by atoms with van der Waals surface area (Å²) in [5, 5.41) is 2.92. The average molecular weight is 451 g/mol. The zero-order chi connectivity index (χ0) is 23.1. The van der Waals surface area contributed by atoms with E-state index in [2.05, 4.69) is 37.4 Å². The molecule has 1 amide bonds. The summed E-state index contributed by atoms with van der Waals surface area (Å²) in [5.41, 5.74) is 4.72. The van der Waals surface area contributed by atoms with E-state index in [9.17, 15) is 13.2 Å². The van der Waals surface area contributed by atoms with Gasteiger partial charge in [0.05, 0.1) is 10.6 Å². The number of nitrogens with zero attached hydrogens (tertiary/aromatic N) is 1. The van der Waals surface area contributed by atoms with Crippen molar-refractivity contribution in [2.75, 3.05) is 10.8 Å². The zero-order valence-electron chi connectivity index (χ0n) is 18.8. The fourth-order valence-corrected chi connectivity index (χ4v) is 5.16. The Labute approximate surface area is 191 Å². The van der Waals surface area contributed by atoms with E-state index in [1.807, 2.05) is 19.1 Å². The molecule has 0 radical (unpaired) electrons. The molecule has 0 saturated heterocycles. The topological polar surface area (TPSA) is 66.5 Å². The van der Waals surface area contributed by atoms with Crippen molar-refractivity contribution >= 4 is 21.6 Å². The van der Waals surface area contributed by atoms with Gasteiger partial charge >= 0.3 is 0 Å². The highest BCUT2D eigenvalue weighted by Crippen LogP contribution is 2.26. The van der Waals surface area contributed by atoms with Gasteiger partial charge in [0.25, 0.3) is 10.0 Å². The van der Waals surface area contributed by atoms with E-state index in [1.165, 1.54) is 15.4 Å². The van der Waals surface area contributed by atoms with E-state index in [1.54, 1.807) is 42.5 Å². The maximum absolute atomic E-state index is 13.4. The Kier molecular flexibility index (Phi) is 7.70. The fourth-order valence-electron chi connectivity index (χ4n) is 3.65. The zero-order valence-corrected chi connectivity index (χ0v) is 19.7. The molecule has 0 saturated carbocycles. The maximum atomic E-state index is 13.4. The SMILES string of the molecule is CCc1ccc(CC)c(CNC(=O)CN(c2ccccc2C)S(=O)(=O)c2ccccc2)c1. The fraction of sp³-hybridized carbons (Fsp3) is 0.269. The van der Waals surface area contributed by atoms with E-state index in [0.29, 0.717) is 12.2 Å². The smallest absolute Gasteiger partial charge is 0.264 e. The summed E-state index contributed by atoms with van der Waals surface area (Å²) in [4.78, 5) is 13.1. The predicted octanol–water partition coefficient (Wildman–Crippen LogP) is 4.63. The van der Waals surface area contributed by atoms with Crippen LogP contribution in [0.25, 0.3) is 0 Å². The minimum atomic E-state index is -3.91. The van der Waals surface area contributed by atoms with Crippen LogP contribution in [-0.4, -0.2) is 20.9 Å². The number of benzene rings is 3. The molecule has 0 spiro atoms. The van der Waals surface area contributed by atoms with E-state index >= 15 is 0 Å². The van der Waals surface area contributed by atoms with Crippen LogP contribution in [0.5, 0.6) is 0 Å².